The largest absolute Gasteiger partial charge is 0.445 e. The van der Waals surface area contributed by atoms with Gasteiger partial charge in [0.25, 0.3) is 0 Å². The number of amides is 8. The maximum Gasteiger partial charge on any atom is 0.410 e. The number of methoxy groups -OCH3 is 2. The van der Waals surface area contributed by atoms with Crippen LogP contribution in [-0.4, -0.2) is 180 Å². The number of ether oxygens (including phenoxy) is 3. The number of imide groups is 1. The molecule has 0 spiro atoms. The third-order valence-electron chi connectivity index (χ3n) is 19.5. The standard InChI is InChI=1S/C72H111F3N8O14/c1-15-46(8)65(58(95-13)41-62(89)82-37-23-27-54(82)67(96-14)48(10)55(84)38-47(9)66(90)50-24-18-16-19-25-50)80(11)69(92)53(43(2)3)40-57(86)64(45(6)7)81(12)71(94)97-42-49-29-31-52(32-30-49)78-68(91)51(26-22-35-77-70(76)93)39-56(85)63(44(4)5)79-59(72(73,74)75)28-20-17-21-36-83-60(87)33-34-61(83)88/h16,18-19,24-25,29-32,43-48,51,53-54,58-59,63-67,79,90H,15,17,20-23,26-28,33-42H2,1-14H3,(H,78,91)(H3,76,77,93)/t46-,47-,48-,51+,53-,54-,58+,59-,63-,64-,65-,66+,67+/m0/s1. The lowest BCUT2D eigenvalue weighted by Crippen LogP contribution is -2.54. The van der Waals surface area contributed by atoms with Gasteiger partial charge < -0.3 is 50.4 Å². The molecule has 22 nitrogen and oxygen atoms in total. The summed E-state index contributed by atoms with van der Waals surface area (Å²) in [4.78, 5) is 141. The lowest BCUT2D eigenvalue weighted by molar-refractivity contribution is -0.161. The van der Waals surface area contributed by atoms with Crippen LogP contribution in [-0.2, 0) is 59.2 Å². The minimum absolute atomic E-state index is 0.0613. The number of rotatable bonds is 42. The number of anilines is 1. The first-order chi connectivity index (χ1) is 45.7. The van der Waals surface area contributed by atoms with Crippen molar-refractivity contribution in [3.05, 3.63) is 65.7 Å². The molecule has 544 valence electrons. The van der Waals surface area contributed by atoms with E-state index in [1.165, 1.54) is 19.1 Å². The highest BCUT2D eigenvalue weighted by Crippen LogP contribution is 2.34. The van der Waals surface area contributed by atoms with E-state index in [0.29, 0.717) is 49.9 Å². The van der Waals surface area contributed by atoms with Crippen LogP contribution in [0.1, 0.15) is 183 Å². The first-order valence-corrected chi connectivity index (χ1v) is 34.6. The van der Waals surface area contributed by atoms with Gasteiger partial charge in [-0.1, -0.05) is 131 Å². The zero-order valence-corrected chi connectivity index (χ0v) is 59.6. The van der Waals surface area contributed by atoms with E-state index in [9.17, 15) is 66.2 Å². The molecule has 6 N–H and O–H groups in total. The second kappa shape index (κ2) is 39.7. The number of urea groups is 1. The van der Waals surface area contributed by atoms with Gasteiger partial charge in [0.15, 0.2) is 11.6 Å². The molecule has 25 heteroatoms. The Morgan fingerprint density at radius 2 is 1.37 bits per heavy atom. The fourth-order valence-corrected chi connectivity index (χ4v) is 13.6. The Labute approximate surface area is 572 Å². The lowest BCUT2D eigenvalue weighted by Gasteiger charge is -2.41. The van der Waals surface area contributed by atoms with Crippen molar-refractivity contribution in [2.75, 3.05) is 53.3 Å². The Hall–Kier alpha value is -6.83. The van der Waals surface area contributed by atoms with Crippen molar-refractivity contribution in [2.24, 2.45) is 53.1 Å². The number of ketones is 3. The fourth-order valence-electron chi connectivity index (χ4n) is 13.6. The Bertz CT molecular complexity index is 2880. The first kappa shape index (κ1) is 82.6. The number of nitrogens with two attached hydrogens (primary N) is 1. The van der Waals surface area contributed by atoms with Gasteiger partial charge in [-0.05, 0) is 91.4 Å². The summed E-state index contributed by atoms with van der Waals surface area (Å²) in [5.74, 6) is -7.10. The zero-order valence-electron chi connectivity index (χ0n) is 59.6. The zero-order chi connectivity index (χ0) is 72.6. The topological polar surface area (TPSA) is 294 Å². The van der Waals surface area contributed by atoms with Crippen molar-refractivity contribution < 1.29 is 80.4 Å². The number of carbonyl (C=O) groups excluding carboxylic acids is 10. The van der Waals surface area contributed by atoms with Crippen LogP contribution >= 0.6 is 0 Å². The van der Waals surface area contributed by atoms with Crippen LogP contribution in [0.5, 0.6) is 0 Å². The molecular weight excluding hydrogens is 1260 g/mol. The molecule has 0 aliphatic carbocycles. The summed E-state index contributed by atoms with van der Waals surface area (Å²) in [5.41, 5.74) is 6.76. The van der Waals surface area contributed by atoms with E-state index < -0.39 is 115 Å². The number of likely N-dealkylation sites (tertiary alicyclic amines) is 2. The second-order valence-electron chi connectivity index (χ2n) is 27.7. The number of hydrogen-bond acceptors (Lipinski definition) is 15. The maximum atomic E-state index is 14.9. The highest BCUT2D eigenvalue weighted by Gasteiger charge is 2.45. The predicted octanol–water partition coefficient (Wildman–Crippen LogP) is 9.98. The minimum Gasteiger partial charge on any atom is -0.445 e. The second-order valence-corrected chi connectivity index (χ2v) is 27.7. The molecule has 2 aliphatic rings. The molecule has 0 radical (unpaired) electrons. The molecule has 2 heterocycles. The minimum atomic E-state index is -4.72. The number of likely N-dealkylation sites (N-methyl/N-ethyl adjacent to an activating group) is 2. The van der Waals surface area contributed by atoms with E-state index >= 15 is 0 Å². The van der Waals surface area contributed by atoms with Gasteiger partial charge in [-0.3, -0.25) is 48.6 Å². The van der Waals surface area contributed by atoms with E-state index in [1.807, 2.05) is 65.0 Å². The van der Waals surface area contributed by atoms with Gasteiger partial charge in [0.05, 0.1) is 48.9 Å². The van der Waals surface area contributed by atoms with Crippen LogP contribution in [0.15, 0.2) is 54.6 Å². The number of Topliss-reactive ketones (excluding diaryl/α,β-unsaturated/α-hetero) is 3. The normalized spacial score (nSPS) is 18.1. The van der Waals surface area contributed by atoms with Gasteiger partial charge in [-0.15, -0.1) is 0 Å². The van der Waals surface area contributed by atoms with Crippen molar-refractivity contribution in [3.8, 4) is 0 Å². The first-order valence-electron chi connectivity index (χ1n) is 34.6. The molecule has 0 aromatic heterocycles. The van der Waals surface area contributed by atoms with Gasteiger partial charge in [0.1, 0.15) is 18.4 Å². The maximum absolute atomic E-state index is 14.9. The van der Waals surface area contributed by atoms with Crippen molar-refractivity contribution in [1.29, 1.82) is 0 Å². The highest BCUT2D eigenvalue weighted by atomic mass is 19.4. The average molecular weight is 1370 g/mol. The molecule has 97 heavy (non-hydrogen) atoms. The predicted molar refractivity (Wildman–Crippen MR) is 362 cm³/mol. The molecule has 0 saturated carbocycles. The summed E-state index contributed by atoms with van der Waals surface area (Å²) in [7, 11) is 6.17. The number of aliphatic hydroxyl groups is 1. The summed E-state index contributed by atoms with van der Waals surface area (Å²) in [6, 6.07) is 9.32. The van der Waals surface area contributed by atoms with Crippen molar-refractivity contribution >= 4 is 64.7 Å². The van der Waals surface area contributed by atoms with E-state index in [0.717, 1.165) is 10.5 Å². The Morgan fingerprint density at radius 3 is 1.93 bits per heavy atom. The SMILES string of the molecule is CC[C@H](C)[C@@H]([C@@H](CC(=O)N1CCC[C@H]1[C@H](OC)[C@@H](C)C(=O)C[C@H](C)[C@@H](O)c1ccccc1)OC)N(C)C(=O)[C@@H](CC(=O)[C@H](C(C)C)N(C)C(=O)OCc1ccc(NC(=O)[C@H](CCCNC(N)=O)CC(=O)[C@@H](N[C@@H](CCCCCN2C(=O)CCC2=O)C(F)(F)F)C(C)C)cc1)C(C)C. The van der Waals surface area contributed by atoms with E-state index in [4.69, 9.17) is 19.9 Å². The highest BCUT2D eigenvalue weighted by molar-refractivity contribution is 6.02. The third-order valence-corrected chi connectivity index (χ3v) is 19.5. The van der Waals surface area contributed by atoms with Gasteiger partial charge in [0.2, 0.25) is 29.5 Å². The summed E-state index contributed by atoms with van der Waals surface area (Å²) >= 11 is 0. The molecule has 13 atom stereocenters. The molecular formula is C72H111F3N8O14. The Balaban J connectivity index is 1.40. The number of nitrogens with zero attached hydrogens (tertiary/aromatic N) is 4. The average Bonchev–Trinajstić information content (AvgIpc) is 1.80. The third kappa shape index (κ3) is 24.5. The summed E-state index contributed by atoms with van der Waals surface area (Å²) in [6.07, 6.45) is -5.49. The summed E-state index contributed by atoms with van der Waals surface area (Å²) < 4.78 is 61.3. The molecule has 0 unspecified atom stereocenters. The Kier molecular flexibility index (Phi) is 33.8. The number of nitrogens with one attached hydrogen (secondary N) is 3. The quantitative estimate of drug-likeness (QED) is 0.0305. The van der Waals surface area contributed by atoms with Crippen LogP contribution in [0.3, 0.4) is 0 Å². The van der Waals surface area contributed by atoms with Crippen LogP contribution in [0.4, 0.5) is 28.4 Å². The van der Waals surface area contributed by atoms with Gasteiger partial charge in [-0.2, -0.15) is 13.2 Å². The number of unbranched alkanes of at least 4 members (excludes halogenated alkanes) is 2. The number of benzene rings is 2. The van der Waals surface area contributed by atoms with Crippen molar-refractivity contribution in [3.63, 3.8) is 0 Å². The summed E-state index contributed by atoms with van der Waals surface area (Å²) in [5, 5.41) is 18.8. The van der Waals surface area contributed by atoms with Gasteiger partial charge in [0, 0.05) is 103 Å². The molecule has 4 rings (SSSR count). The van der Waals surface area contributed by atoms with Gasteiger partial charge >= 0.3 is 18.3 Å². The molecule has 0 bridgehead atoms. The lowest BCUT2D eigenvalue weighted by atomic mass is 9.83. The molecule has 2 fully saturated rings. The van der Waals surface area contributed by atoms with Crippen molar-refractivity contribution in [2.45, 2.75) is 227 Å². The molecule has 2 saturated heterocycles. The molecule has 2 aromatic carbocycles. The van der Waals surface area contributed by atoms with E-state index in [-0.39, 0.29) is 130 Å². The number of halogens is 3. The fraction of sp³-hybridized carbons (Fsp3) is 0.694. The number of primary amides is 1. The van der Waals surface area contributed by atoms with Crippen molar-refractivity contribution in [1.82, 2.24) is 30.2 Å². The molecule has 2 aromatic rings. The van der Waals surface area contributed by atoms with Crippen LogP contribution in [0, 0.1) is 47.3 Å². The summed E-state index contributed by atoms with van der Waals surface area (Å²) in [6.45, 7) is 18.5. The van der Waals surface area contributed by atoms with Crippen LogP contribution in [0.2, 0.25) is 0 Å². The number of carbonyl (C=O) groups is 10. The number of alkyl halides is 3. The van der Waals surface area contributed by atoms with Crippen LogP contribution < -0.4 is 21.7 Å². The van der Waals surface area contributed by atoms with Crippen LogP contribution in [0.25, 0.3) is 0 Å². The molecule has 8 amide bonds. The van der Waals surface area contributed by atoms with E-state index in [2.05, 4.69) is 16.0 Å². The molecule has 2 aliphatic heterocycles. The van der Waals surface area contributed by atoms with Gasteiger partial charge in [-0.25, -0.2) is 9.59 Å². The van der Waals surface area contributed by atoms with E-state index in [1.54, 1.807) is 82.8 Å². The monoisotopic (exact) mass is 1370 g/mol. The smallest absolute Gasteiger partial charge is 0.410 e. The Morgan fingerprint density at radius 1 is 0.732 bits per heavy atom. The number of hydrogen-bond donors (Lipinski definition) is 5. The number of aliphatic hydroxyl groups excluding tert-OH is 1.